The van der Waals surface area contributed by atoms with Crippen LogP contribution in [0.5, 0.6) is 0 Å². The molecule has 7 atom stereocenters. The molecule has 4 fully saturated rings. The Morgan fingerprint density at radius 1 is 1.00 bits per heavy atom. The molecule has 2 bridgehead atoms. The topological polar surface area (TPSA) is 104 Å². The van der Waals surface area contributed by atoms with Gasteiger partial charge in [0.05, 0.1) is 11.0 Å². The summed E-state index contributed by atoms with van der Waals surface area (Å²) in [4.78, 5) is 23.5. The lowest BCUT2D eigenvalue weighted by Crippen LogP contribution is -2.59. The lowest BCUT2D eigenvalue weighted by atomic mass is 9.41. The number of carbonyl (C=O) groups is 2. The smallest absolute Gasteiger partial charge is 0.309 e. The average Bonchev–Trinajstić information content (AvgIpc) is 2.74. The highest BCUT2D eigenvalue weighted by atomic mass is 16.5. The number of hydrogen-bond donors (Lipinski definition) is 3. The van der Waals surface area contributed by atoms with Gasteiger partial charge in [0.2, 0.25) is 0 Å². The number of carboxylic acid groups (broad SMARTS) is 1. The quantitative estimate of drug-likeness (QED) is 0.636. The van der Waals surface area contributed by atoms with Gasteiger partial charge in [-0.05, 0) is 81.0 Å². The number of hydrogen-bond acceptors (Lipinski definition) is 5. The van der Waals surface area contributed by atoms with Crippen LogP contribution in [0.15, 0.2) is 0 Å². The van der Waals surface area contributed by atoms with Gasteiger partial charge in [-0.2, -0.15) is 0 Å². The summed E-state index contributed by atoms with van der Waals surface area (Å²) in [5, 5.41) is 32.7. The number of aliphatic carboxylic acids is 1. The molecule has 6 nitrogen and oxygen atoms in total. The third-order valence-corrected chi connectivity index (χ3v) is 9.45. The highest BCUT2D eigenvalue weighted by Gasteiger charge is 2.72. The molecule has 0 radical (unpaired) electrons. The van der Waals surface area contributed by atoms with Gasteiger partial charge in [0.25, 0.3) is 0 Å². The molecule has 0 amide bonds. The third kappa shape index (κ3) is 2.46. The summed E-state index contributed by atoms with van der Waals surface area (Å²) in [6, 6.07) is 0. The van der Waals surface area contributed by atoms with E-state index in [1.54, 1.807) is 0 Å². The Kier molecular flexibility index (Phi) is 4.28. The zero-order chi connectivity index (χ0) is 20.6. The second-order valence-corrected chi connectivity index (χ2v) is 10.8. The van der Waals surface area contributed by atoms with Crippen LogP contribution in [0.3, 0.4) is 0 Å². The molecule has 4 aliphatic rings. The first kappa shape index (κ1) is 20.1. The van der Waals surface area contributed by atoms with E-state index in [4.69, 9.17) is 4.74 Å². The molecule has 1 unspecified atom stereocenters. The molecular formula is C22H34O6. The van der Waals surface area contributed by atoms with E-state index in [-0.39, 0.29) is 29.3 Å². The summed E-state index contributed by atoms with van der Waals surface area (Å²) >= 11 is 0. The van der Waals surface area contributed by atoms with Crippen molar-refractivity contribution in [3.63, 3.8) is 0 Å². The number of fused-ring (bicyclic) bond motifs is 3. The van der Waals surface area contributed by atoms with E-state index >= 15 is 0 Å². The minimum Gasteiger partial charge on any atom is -0.481 e. The Morgan fingerprint density at radius 3 is 2.32 bits per heavy atom. The fraction of sp³-hybridized carbons (Fsp3) is 0.909. The SMILES string of the molecule is CC(=O)OC[C@]1(O)C[C@]23CC[C@H]4C(C)(C(=O)O)CCC[C@]4(C)[C@H]2CC[C@]1(O)C3. The van der Waals surface area contributed by atoms with Crippen LogP contribution in [0.25, 0.3) is 0 Å². The first-order chi connectivity index (χ1) is 12.9. The van der Waals surface area contributed by atoms with Crippen molar-refractivity contribution in [3.05, 3.63) is 0 Å². The van der Waals surface area contributed by atoms with Crippen LogP contribution in [0.1, 0.15) is 78.6 Å². The molecule has 0 saturated heterocycles. The normalized spacial score (nSPS) is 52.5. The average molecular weight is 395 g/mol. The van der Waals surface area contributed by atoms with Gasteiger partial charge in [0.1, 0.15) is 12.2 Å². The molecule has 6 heteroatoms. The van der Waals surface area contributed by atoms with Crippen molar-refractivity contribution in [3.8, 4) is 0 Å². The third-order valence-electron chi connectivity index (χ3n) is 9.45. The Hall–Kier alpha value is -1.14. The molecule has 28 heavy (non-hydrogen) atoms. The van der Waals surface area contributed by atoms with Gasteiger partial charge in [-0.1, -0.05) is 13.3 Å². The van der Waals surface area contributed by atoms with Crippen molar-refractivity contribution in [2.75, 3.05) is 6.61 Å². The maximum atomic E-state index is 12.2. The van der Waals surface area contributed by atoms with Crippen LogP contribution >= 0.6 is 0 Å². The number of esters is 1. The van der Waals surface area contributed by atoms with Gasteiger partial charge in [0, 0.05) is 6.92 Å². The number of carboxylic acids is 1. The van der Waals surface area contributed by atoms with E-state index in [2.05, 4.69) is 6.92 Å². The molecule has 4 aliphatic carbocycles. The molecule has 158 valence electrons. The minimum atomic E-state index is -1.42. The lowest BCUT2D eigenvalue weighted by molar-refractivity contribution is -0.192. The largest absolute Gasteiger partial charge is 0.481 e. The molecule has 0 aromatic heterocycles. The first-order valence-corrected chi connectivity index (χ1v) is 10.7. The molecule has 0 aromatic rings. The van der Waals surface area contributed by atoms with Crippen molar-refractivity contribution in [1.82, 2.24) is 0 Å². The predicted molar refractivity (Wildman–Crippen MR) is 101 cm³/mol. The highest BCUT2D eigenvalue weighted by Crippen LogP contribution is 2.73. The van der Waals surface area contributed by atoms with Crippen LogP contribution in [0.4, 0.5) is 0 Å². The monoisotopic (exact) mass is 394 g/mol. The number of ether oxygens (including phenoxy) is 1. The van der Waals surface area contributed by atoms with Crippen molar-refractivity contribution in [2.45, 2.75) is 89.8 Å². The van der Waals surface area contributed by atoms with Crippen molar-refractivity contribution >= 4 is 11.9 Å². The highest BCUT2D eigenvalue weighted by molar-refractivity contribution is 5.75. The summed E-state index contributed by atoms with van der Waals surface area (Å²) in [7, 11) is 0. The van der Waals surface area contributed by atoms with E-state index in [0.717, 1.165) is 38.5 Å². The summed E-state index contributed by atoms with van der Waals surface area (Å²) in [6.07, 6.45) is 6.50. The van der Waals surface area contributed by atoms with Crippen molar-refractivity contribution in [1.29, 1.82) is 0 Å². The molecule has 0 heterocycles. The summed E-state index contributed by atoms with van der Waals surface area (Å²) < 4.78 is 5.15. The molecule has 4 saturated carbocycles. The summed E-state index contributed by atoms with van der Waals surface area (Å²) in [6.45, 7) is 5.33. The standard InChI is InChI=1S/C22H34O6/c1-14(23)28-13-22(27)12-20-9-5-15-18(2,7-4-8-19(15,3)17(24)25)16(20)6-10-21(22,26)11-20/h15-16,26-27H,4-13H2,1-3H3,(H,24,25)/t15-,16-,18+,19?,20-,21+,22-/m1/s1. The zero-order valence-electron chi connectivity index (χ0n) is 17.3. The van der Waals surface area contributed by atoms with Gasteiger partial charge in [-0.25, -0.2) is 0 Å². The van der Waals surface area contributed by atoms with Crippen LogP contribution in [-0.2, 0) is 14.3 Å². The fourth-order valence-corrected chi connectivity index (χ4v) is 8.27. The molecule has 3 N–H and O–H groups in total. The fourth-order valence-electron chi connectivity index (χ4n) is 8.27. The molecule has 1 spiro atoms. The van der Waals surface area contributed by atoms with Gasteiger partial charge in [-0.15, -0.1) is 0 Å². The van der Waals surface area contributed by atoms with E-state index in [9.17, 15) is 24.9 Å². The van der Waals surface area contributed by atoms with E-state index < -0.39 is 28.6 Å². The predicted octanol–water partition coefficient (Wildman–Crippen LogP) is 2.89. The minimum absolute atomic E-state index is 0.0996. The van der Waals surface area contributed by atoms with Crippen LogP contribution in [0, 0.1) is 28.1 Å². The number of carbonyl (C=O) groups excluding carboxylic acids is 1. The molecule has 0 aromatic carbocycles. The maximum absolute atomic E-state index is 12.2. The molecule has 0 aliphatic heterocycles. The van der Waals surface area contributed by atoms with E-state index in [1.165, 1.54) is 6.92 Å². The molecule has 4 rings (SSSR count). The van der Waals surface area contributed by atoms with Gasteiger partial charge in [0.15, 0.2) is 0 Å². The first-order valence-electron chi connectivity index (χ1n) is 10.7. The zero-order valence-corrected chi connectivity index (χ0v) is 17.3. The van der Waals surface area contributed by atoms with Crippen LogP contribution in [0.2, 0.25) is 0 Å². The summed E-state index contributed by atoms with van der Waals surface area (Å²) in [5.74, 6) is -0.739. The van der Waals surface area contributed by atoms with Crippen LogP contribution < -0.4 is 0 Å². The maximum Gasteiger partial charge on any atom is 0.309 e. The second kappa shape index (κ2) is 5.94. The van der Waals surface area contributed by atoms with E-state index in [1.807, 2.05) is 6.92 Å². The Balaban J connectivity index is 1.69. The van der Waals surface area contributed by atoms with Gasteiger partial charge < -0.3 is 20.1 Å². The molecular weight excluding hydrogens is 360 g/mol. The summed E-state index contributed by atoms with van der Waals surface area (Å²) in [5.41, 5.74) is -3.65. The lowest BCUT2D eigenvalue weighted by Gasteiger charge is -2.63. The second-order valence-electron chi connectivity index (χ2n) is 10.8. The van der Waals surface area contributed by atoms with E-state index in [0.29, 0.717) is 19.3 Å². The van der Waals surface area contributed by atoms with Gasteiger partial charge in [-0.3, -0.25) is 9.59 Å². The number of rotatable bonds is 3. The van der Waals surface area contributed by atoms with Gasteiger partial charge >= 0.3 is 11.9 Å². The Morgan fingerprint density at radius 2 is 1.68 bits per heavy atom. The Bertz CT molecular complexity index is 707. The number of aliphatic hydroxyl groups is 2. The van der Waals surface area contributed by atoms with Crippen molar-refractivity contribution < 1.29 is 29.6 Å². The van der Waals surface area contributed by atoms with Crippen molar-refractivity contribution in [2.24, 2.45) is 28.1 Å². The van der Waals surface area contributed by atoms with Crippen LogP contribution in [-0.4, -0.2) is 45.1 Å². The Labute approximate surface area is 166 Å².